The van der Waals surface area contributed by atoms with Crippen LogP contribution in [-0.4, -0.2) is 16.5 Å². The average molecular weight is 269 g/mol. The first-order chi connectivity index (χ1) is 9.43. The van der Waals surface area contributed by atoms with Crippen molar-refractivity contribution in [2.75, 3.05) is 6.54 Å². The van der Waals surface area contributed by atoms with Crippen LogP contribution in [0.4, 0.5) is 0 Å². The van der Waals surface area contributed by atoms with E-state index in [1.807, 2.05) is 13.0 Å². The van der Waals surface area contributed by atoms with Crippen LogP contribution in [0.3, 0.4) is 0 Å². The van der Waals surface area contributed by atoms with Crippen LogP contribution in [0.25, 0.3) is 11.3 Å². The molecule has 1 aromatic carbocycles. The number of hydrogen-bond acceptors (Lipinski definition) is 3. The normalized spacial score (nSPS) is 12.5. The van der Waals surface area contributed by atoms with E-state index in [9.17, 15) is 0 Å². The first-order valence-corrected chi connectivity index (χ1v) is 7.06. The Bertz CT molecular complexity index is 632. The molecule has 1 unspecified atom stereocenters. The summed E-state index contributed by atoms with van der Waals surface area (Å²) in [5, 5.41) is 0. The third-order valence-corrected chi connectivity index (χ3v) is 4.00. The summed E-state index contributed by atoms with van der Waals surface area (Å²) in [6.45, 7) is 11.1. The van der Waals surface area contributed by atoms with Gasteiger partial charge in [-0.2, -0.15) is 0 Å². The third kappa shape index (κ3) is 2.73. The maximum atomic E-state index is 5.74. The van der Waals surface area contributed by atoms with Gasteiger partial charge < -0.3 is 5.73 Å². The van der Waals surface area contributed by atoms with Gasteiger partial charge in [0.1, 0.15) is 5.82 Å². The molecule has 3 heteroatoms. The van der Waals surface area contributed by atoms with E-state index in [1.54, 1.807) is 0 Å². The number of hydrogen-bond donors (Lipinski definition) is 1. The van der Waals surface area contributed by atoms with Crippen molar-refractivity contribution >= 4 is 0 Å². The van der Waals surface area contributed by atoms with Gasteiger partial charge in [0.25, 0.3) is 0 Å². The minimum Gasteiger partial charge on any atom is -0.330 e. The summed E-state index contributed by atoms with van der Waals surface area (Å²) in [4.78, 5) is 9.22. The van der Waals surface area contributed by atoms with Crippen LogP contribution >= 0.6 is 0 Å². The van der Waals surface area contributed by atoms with Gasteiger partial charge in [-0.1, -0.05) is 19.1 Å². The van der Waals surface area contributed by atoms with Gasteiger partial charge in [-0.05, 0) is 50.5 Å². The molecular weight excluding hydrogens is 246 g/mol. The molecule has 0 aliphatic carbocycles. The summed E-state index contributed by atoms with van der Waals surface area (Å²) in [6, 6.07) is 6.35. The molecule has 1 aromatic heterocycles. The second-order valence-corrected chi connectivity index (χ2v) is 5.57. The van der Waals surface area contributed by atoms with Gasteiger partial charge in [-0.25, -0.2) is 9.97 Å². The molecule has 0 spiro atoms. The lowest BCUT2D eigenvalue weighted by atomic mass is 9.96. The molecule has 0 bridgehead atoms. The molecule has 106 valence electrons. The average Bonchev–Trinajstić information content (AvgIpc) is 2.43. The Kier molecular flexibility index (Phi) is 4.19. The van der Waals surface area contributed by atoms with Gasteiger partial charge in [-0.15, -0.1) is 0 Å². The summed E-state index contributed by atoms with van der Waals surface area (Å²) >= 11 is 0. The van der Waals surface area contributed by atoms with E-state index in [2.05, 4.69) is 44.8 Å². The molecular formula is C17H23N3. The van der Waals surface area contributed by atoms with E-state index in [-0.39, 0.29) is 5.92 Å². The number of aryl methyl sites for hydroxylation is 2. The molecule has 0 saturated heterocycles. The molecule has 1 heterocycles. The van der Waals surface area contributed by atoms with E-state index >= 15 is 0 Å². The van der Waals surface area contributed by atoms with Gasteiger partial charge in [0.05, 0.1) is 5.69 Å². The first-order valence-electron chi connectivity index (χ1n) is 7.06. The molecule has 0 fully saturated rings. The fraction of sp³-hybridized carbons (Fsp3) is 0.412. The Labute approximate surface area is 121 Å². The van der Waals surface area contributed by atoms with Gasteiger partial charge in [0.15, 0.2) is 0 Å². The Balaban J connectivity index is 2.58. The van der Waals surface area contributed by atoms with Gasteiger partial charge in [0.2, 0.25) is 0 Å². The molecule has 3 nitrogen and oxygen atoms in total. The van der Waals surface area contributed by atoms with Crippen molar-refractivity contribution < 1.29 is 0 Å². The number of benzene rings is 1. The highest BCUT2D eigenvalue weighted by molar-refractivity contribution is 5.66. The zero-order chi connectivity index (χ0) is 14.9. The van der Waals surface area contributed by atoms with Crippen LogP contribution in [-0.2, 0) is 0 Å². The van der Waals surface area contributed by atoms with Gasteiger partial charge in [0, 0.05) is 23.7 Å². The Morgan fingerprint density at radius 3 is 2.40 bits per heavy atom. The smallest absolute Gasteiger partial charge is 0.133 e. The van der Waals surface area contributed by atoms with Gasteiger partial charge in [-0.3, -0.25) is 0 Å². The fourth-order valence-corrected chi connectivity index (χ4v) is 2.29. The largest absolute Gasteiger partial charge is 0.330 e. The van der Waals surface area contributed by atoms with Crippen molar-refractivity contribution in [3.8, 4) is 11.3 Å². The lowest BCUT2D eigenvalue weighted by molar-refractivity contribution is 0.708. The Morgan fingerprint density at radius 2 is 1.75 bits per heavy atom. The molecule has 2 aromatic rings. The summed E-state index contributed by atoms with van der Waals surface area (Å²) in [5.41, 5.74) is 12.8. The predicted molar refractivity (Wildman–Crippen MR) is 83.9 cm³/mol. The van der Waals surface area contributed by atoms with Crippen LogP contribution in [0.2, 0.25) is 0 Å². The highest BCUT2D eigenvalue weighted by Crippen LogP contribution is 2.27. The van der Waals surface area contributed by atoms with Crippen LogP contribution in [0.5, 0.6) is 0 Å². The van der Waals surface area contributed by atoms with Crippen LogP contribution in [0.1, 0.15) is 41.1 Å². The highest BCUT2D eigenvalue weighted by Gasteiger charge is 2.12. The molecule has 0 aliphatic rings. The molecule has 2 rings (SSSR count). The summed E-state index contributed by atoms with van der Waals surface area (Å²) in [5.74, 6) is 1.01. The minimum absolute atomic E-state index is 0.181. The topological polar surface area (TPSA) is 51.8 Å². The molecule has 1 atom stereocenters. The van der Waals surface area contributed by atoms with Crippen molar-refractivity contribution in [3.05, 3.63) is 46.4 Å². The second-order valence-electron chi connectivity index (χ2n) is 5.57. The summed E-state index contributed by atoms with van der Waals surface area (Å²) < 4.78 is 0. The van der Waals surface area contributed by atoms with Crippen LogP contribution < -0.4 is 5.73 Å². The van der Waals surface area contributed by atoms with Crippen molar-refractivity contribution in [2.24, 2.45) is 5.73 Å². The third-order valence-electron chi connectivity index (χ3n) is 4.00. The van der Waals surface area contributed by atoms with Crippen molar-refractivity contribution in [2.45, 2.75) is 40.5 Å². The van der Waals surface area contributed by atoms with E-state index in [1.165, 1.54) is 22.3 Å². The van der Waals surface area contributed by atoms with Crippen molar-refractivity contribution in [1.29, 1.82) is 0 Å². The number of nitrogens with zero attached hydrogens (tertiary/aromatic N) is 2. The first kappa shape index (κ1) is 14.7. The highest BCUT2D eigenvalue weighted by atomic mass is 14.9. The maximum absolute atomic E-state index is 5.74. The lowest BCUT2D eigenvalue weighted by Crippen LogP contribution is -2.13. The van der Waals surface area contributed by atoms with Crippen molar-refractivity contribution in [3.63, 3.8) is 0 Å². The monoisotopic (exact) mass is 269 g/mol. The summed E-state index contributed by atoms with van der Waals surface area (Å²) in [6.07, 6.45) is 0. The zero-order valence-electron chi connectivity index (χ0n) is 13.0. The number of rotatable bonds is 3. The minimum atomic E-state index is 0.181. The Morgan fingerprint density at radius 1 is 1.05 bits per heavy atom. The molecule has 20 heavy (non-hydrogen) atoms. The second kappa shape index (κ2) is 5.71. The van der Waals surface area contributed by atoms with Crippen LogP contribution in [0, 0.1) is 27.7 Å². The van der Waals surface area contributed by atoms with E-state index in [4.69, 9.17) is 10.7 Å². The molecule has 2 N–H and O–H groups in total. The molecule has 0 amide bonds. The quantitative estimate of drug-likeness (QED) is 0.928. The van der Waals surface area contributed by atoms with E-state index in [0.29, 0.717) is 6.54 Å². The van der Waals surface area contributed by atoms with E-state index in [0.717, 1.165) is 17.2 Å². The maximum Gasteiger partial charge on any atom is 0.133 e. The predicted octanol–water partition coefficient (Wildman–Crippen LogP) is 3.44. The lowest BCUT2D eigenvalue weighted by Gasteiger charge is -2.14. The number of nitrogens with two attached hydrogens (primary N) is 1. The molecule has 0 saturated carbocycles. The van der Waals surface area contributed by atoms with Gasteiger partial charge >= 0.3 is 0 Å². The number of aromatic nitrogens is 2. The molecule has 0 aliphatic heterocycles. The zero-order valence-corrected chi connectivity index (χ0v) is 13.0. The Hall–Kier alpha value is -1.74. The van der Waals surface area contributed by atoms with Crippen molar-refractivity contribution in [1.82, 2.24) is 9.97 Å². The molecule has 0 radical (unpaired) electrons. The standard InChI is InChI=1S/C17H23N3/c1-10-6-7-15(14(5)13(10)4)16-8-12(3)19-17(20-16)11(2)9-18/h6-8,11H,9,18H2,1-5H3. The summed E-state index contributed by atoms with van der Waals surface area (Å²) in [7, 11) is 0. The fourth-order valence-electron chi connectivity index (χ4n) is 2.29. The van der Waals surface area contributed by atoms with Crippen LogP contribution in [0.15, 0.2) is 18.2 Å². The van der Waals surface area contributed by atoms with E-state index < -0.39 is 0 Å². The SMILES string of the molecule is Cc1cc(-c2ccc(C)c(C)c2C)nc(C(C)CN)n1.